The molecule has 2 heterocycles. The zero-order valence-corrected chi connectivity index (χ0v) is 14.6. The average molecular weight is 358 g/mol. The van der Waals surface area contributed by atoms with Gasteiger partial charge in [-0.25, -0.2) is 9.37 Å². The van der Waals surface area contributed by atoms with Gasteiger partial charge in [0.05, 0.1) is 31.6 Å². The van der Waals surface area contributed by atoms with Crippen molar-refractivity contribution in [1.29, 1.82) is 5.26 Å². The molecular formula is C21H15FN4O. The molecule has 0 aliphatic carbocycles. The average Bonchev–Trinajstić information content (AvgIpc) is 3.15. The Bertz CT molecular complexity index is 1160. The smallest absolute Gasteiger partial charge is 0.156 e. The van der Waals surface area contributed by atoms with E-state index in [1.54, 1.807) is 36.2 Å². The van der Waals surface area contributed by atoms with Gasteiger partial charge in [0.25, 0.3) is 0 Å². The molecule has 0 saturated heterocycles. The summed E-state index contributed by atoms with van der Waals surface area (Å²) in [4.78, 5) is 4.43. The Kier molecular flexibility index (Phi) is 4.27. The van der Waals surface area contributed by atoms with Gasteiger partial charge in [-0.3, -0.25) is 4.68 Å². The van der Waals surface area contributed by atoms with Gasteiger partial charge in [0.15, 0.2) is 5.75 Å². The van der Waals surface area contributed by atoms with E-state index < -0.39 is 0 Å². The monoisotopic (exact) mass is 358 g/mol. The van der Waals surface area contributed by atoms with Gasteiger partial charge in [0.2, 0.25) is 0 Å². The van der Waals surface area contributed by atoms with Crippen LogP contribution in [0.1, 0.15) is 11.3 Å². The molecule has 0 unspecified atom stereocenters. The number of hydrogen-bond acceptors (Lipinski definition) is 4. The number of aromatic nitrogens is 3. The summed E-state index contributed by atoms with van der Waals surface area (Å²) in [5, 5.41) is 14.5. The Labute approximate surface area is 155 Å². The first kappa shape index (κ1) is 16.7. The highest BCUT2D eigenvalue weighted by Gasteiger charge is 2.10. The maximum absolute atomic E-state index is 13.3. The lowest BCUT2D eigenvalue weighted by Gasteiger charge is -2.09. The van der Waals surface area contributed by atoms with E-state index in [4.69, 9.17) is 4.74 Å². The van der Waals surface area contributed by atoms with Crippen LogP contribution in [0.5, 0.6) is 5.75 Å². The van der Waals surface area contributed by atoms with Crippen molar-refractivity contribution in [2.45, 2.75) is 6.54 Å². The Morgan fingerprint density at radius 3 is 2.67 bits per heavy atom. The van der Waals surface area contributed by atoms with Crippen LogP contribution in [-0.2, 0) is 6.54 Å². The molecule has 6 heteroatoms. The molecule has 0 amide bonds. The molecule has 2 aromatic carbocycles. The molecular weight excluding hydrogens is 343 g/mol. The van der Waals surface area contributed by atoms with Gasteiger partial charge in [-0.1, -0.05) is 24.3 Å². The van der Waals surface area contributed by atoms with Crippen LogP contribution in [0.25, 0.3) is 22.0 Å². The number of benzene rings is 2. The number of nitrogens with zero attached hydrogens (tertiary/aromatic N) is 4. The molecule has 4 rings (SSSR count). The minimum atomic E-state index is -0.297. The Morgan fingerprint density at radius 2 is 1.96 bits per heavy atom. The number of halogens is 1. The lowest BCUT2D eigenvalue weighted by Crippen LogP contribution is -2.00. The fourth-order valence-corrected chi connectivity index (χ4v) is 3.02. The molecule has 5 nitrogen and oxygen atoms in total. The van der Waals surface area contributed by atoms with Crippen LogP contribution >= 0.6 is 0 Å². The van der Waals surface area contributed by atoms with Gasteiger partial charge in [-0.15, -0.1) is 0 Å². The van der Waals surface area contributed by atoms with Crippen molar-refractivity contribution in [3.8, 4) is 22.9 Å². The fraction of sp³-hybridized carbons (Fsp3) is 0.0952. The van der Waals surface area contributed by atoms with Crippen LogP contribution in [0.2, 0.25) is 0 Å². The molecule has 132 valence electrons. The SMILES string of the molecule is COc1cnn(Cc2ccc3c(-c4ccc(F)cc4)cc(C#N)nc3c2)c1. The van der Waals surface area contributed by atoms with Gasteiger partial charge >= 0.3 is 0 Å². The van der Waals surface area contributed by atoms with Crippen LogP contribution in [0.15, 0.2) is 60.9 Å². The topological polar surface area (TPSA) is 63.7 Å². The minimum Gasteiger partial charge on any atom is -0.493 e. The zero-order valence-electron chi connectivity index (χ0n) is 14.6. The van der Waals surface area contributed by atoms with E-state index >= 15 is 0 Å². The Balaban J connectivity index is 1.79. The van der Waals surface area contributed by atoms with Crippen molar-refractivity contribution < 1.29 is 9.13 Å². The van der Waals surface area contributed by atoms with Gasteiger partial charge in [-0.2, -0.15) is 10.4 Å². The molecule has 0 spiro atoms. The van der Waals surface area contributed by atoms with E-state index in [-0.39, 0.29) is 5.82 Å². The third-order valence-electron chi connectivity index (χ3n) is 4.33. The number of nitriles is 1. The zero-order chi connectivity index (χ0) is 18.8. The first-order chi connectivity index (χ1) is 13.2. The lowest BCUT2D eigenvalue weighted by atomic mass is 9.99. The molecule has 0 N–H and O–H groups in total. The van der Waals surface area contributed by atoms with Crippen LogP contribution < -0.4 is 4.74 Å². The van der Waals surface area contributed by atoms with E-state index in [1.165, 1.54) is 12.1 Å². The number of rotatable bonds is 4. The third-order valence-corrected chi connectivity index (χ3v) is 4.33. The maximum atomic E-state index is 13.3. The maximum Gasteiger partial charge on any atom is 0.156 e. The van der Waals surface area contributed by atoms with Crippen LogP contribution in [0, 0.1) is 17.1 Å². The van der Waals surface area contributed by atoms with Crippen LogP contribution in [-0.4, -0.2) is 21.9 Å². The molecule has 0 saturated carbocycles. The summed E-state index contributed by atoms with van der Waals surface area (Å²) in [6.07, 6.45) is 3.47. The summed E-state index contributed by atoms with van der Waals surface area (Å²) in [5.74, 6) is 0.397. The second-order valence-electron chi connectivity index (χ2n) is 6.10. The molecule has 27 heavy (non-hydrogen) atoms. The van der Waals surface area contributed by atoms with Crippen molar-refractivity contribution in [3.05, 3.63) is 78.0 Å². The fourth-order valence-electron chi connectivity index (χ4n) is 3.02. The van der Waals surface area contributed by atoms with Gasteiger partial charge in [-0.05, 0) is 41.0 Å². The Morgan fingerprint density at radius 1 is 1.15 bits per heavy atom. The summed E-state index contributed by atoms with van der Waals surface area (Å²) in [7, 11) is 1.60. The van der Waals surface area contributed by atoms with Crippen molar-refractivity contribution in [3.63, 3.8) is 0 Å². The minimum absolute atomic E-state index is 0.297. The lowest BCUT2D eigenvalue weighted by molar-refractivity contribution is 0.414. The molecule has 0 radical (unpaired) electrons. The van der Waals surface area contributed by atoms with E-state index in [9.17, 15) is 9.65 Å². The van der Waals surface area contributed by atoms with E-state index in [1.807, 2.05) is 24.4 Å². The number of hydrogen-bond donors (Lipinski definition) is 0. The summed E-state index contributed by atoms with van der Waals surface area (Å²) >= 11 is 0. The van der Waals surface area contributed by atoms with Crippen molar-refractivity contribution in [2.24, 2.45) is 0 Å². The normalized spacial score (nSPS) is 10.7. The quantitative estimate of drug-likeness (QED) is 0.549. The third kappa shape index (κ3) is 3.35. The predicted molar refractivity (Wildman–Crippen MR) is 99.7 cm³/mol. The summed E-state index contributed by atoms with van der Waals surface area (Å²) < 4.78 is 20.2. The number of fused-ring (bicyclic) bond motifs is 1. The summed E-state index contributed by atoms with van der Waals surface area (Å²) in [6.45, 7) is 0.559. The second kappa shape index (κ2) is 6.89. The number of methoxy groups -OCH3 is 1. The molecule has 2 aromatic heterocycles. The van der Waals surface area contributed by atoms with E-state index in [0.717, 1.165) is 22.1 Å². The van der Waals surface area contributed by atoms with Crippen molar-refractivity contribution >= 4 is 10.9 Å². The van der Waals surface area contributed by atoms with Gasteiger partial charge in [0, 0.05) is 5.39 Å². The Hall–Kier alpha value is -3.72. The highest BCUT2D eigenvalue weighted by atomic mass is 19.1. The summed E-state index contributed by atoms with van der Waals surface area (Å²) in [6, 6.07) is 16.0. The molecule has 0 aliphatic rings. The van der Waals surface area contributed by atoms with Crippen molar-refractivity contribution in [2.75, 3.05) is 7.11 Å². The molecule has 0 aliphatic heterocycles. The highest BCUT2D eigenvalue weighted by molar-refractivity contribution is 5.95. The number of pyridine rings is 1. The highest BCUT2D eigenvalue weighted by Crippen LogP contribution is 2.29. The predicted octanol–water partition coefficient (Wildman–Crippen LogP) is 4.17. The second-order valence-corrected chi connectivity index (χ2v) is 6.10. The standard InChI is InChI=1S/C21H15FN4O/c1-27-18-11-24-26(13-18)12-14-2-7-19-20(15-3-5-16(22)6-4-15)9-17(10-23)25-21(19)8-14/h2-9,11,13H,12H2,1H3. The number of ether oxygens (including phenoxy) is 1. The van der Waals surface area contributed by atoms with Crippen LogP contribution in [0.4, 0.5) is 4.39 Å². The first-order valence-electron chi connectivity index (χ1n) is 8.32. The largest absolute Gasteiger partial charge is 0.493 e. The molecule has 4 aromatic rings. The molecule has 0 fully saturated rings. The van der Waals surface area contributed by atoms with E-state index in [2.05, 4.69) is 16.2 Å². The first-order valence-corrected chi connectivity index (χ1v) is 8.32. The summed E-state index contributed by atoms with van der Waals surface area (Å²) in [5.41, 5.74) is 3.72. The van der Waals surface area contributed by atoms with E-state index in [0.29, 0.717) is 23.5 Å². The van der Waals surface area contributed by atoms with Crippen molar-refractivity contribution in [1.82, 2.24) is 14.8 Å². The van der Waals surface area contributed by atoms with Gasteiger partial charge in [0.1, 0.15) is 17.6 Å². The van der Waals surface area contributed by atoms with Crippen LogP contribution in [0.3, 0.4) is 0 Å². The molecule has 0 atom stereocenters. The van der Waals surface area contributed by atoms with Gasteiger partial charge < -0.3 is 4.74 Å². The molecule has 0 bridgehead atoms.